The second kappa shape index (κ2) is 7.10. The molecular weight excluding hydrogens is 360 g/mol. The highest BCUT2D eigenvalue weighted by atomic mass is 15.3. The van der Waals surface area contributed by atoms with Crippen molar-refractivity contribution in [3.05, 3.63) is 58.9 Å². The van der Waals surface area contributed by atoms with Gasteiger partial charge in [0.15, 0.2) is 5.82 Å². The van der Waals surface area contributed by atoms with Gasteiger partial charge in [0.2, 0.25) is 0 Å². The Bertz CT molecular complexity index is 1000. The van der Waals surface area contributed by atoms with Crippen LogP contribution in [0.2, 0.25) is 0 Å². The predicted octanol–water partition coefficient (Wildman–Crippen LogP) is 3.74. The van der Waals surface area contributed by atoms with Crippen LogP contribution in [0.5, 0.6) is 0 Å². The highest BCUT2D eigenvalue weighted by Gasteiger charge is 2.31. The first-order chi connectivity index (χ1) is 14.3. The van der Waals surface area contributed by atoms with Gasteiger partial charge in [-0.05, 0) is 69.2 Å². The summed E-state index contributed by atoms with van der Waals surface area (Å²) in [7, 11) is 0. The minimum Gasteiger partial charge on any atom is -0.297 e. The average Bonchev–Trinajstić information content (AvgIpc) is 3.16. The Morgan fingerprint density at radius 3 is 2.76 bits per heavy atom. The van der Waals surface area contributed by atoms with E-state index in [0.717, 1.165) is 37.7 Å². The lowest BCUT2D eigenvalue weighted by Gasteiger charge is -2.31. The molecule has 0 radical (unpaired) electrons. The maximum atomic E-state index is 5.07. The second-order valence-electron chi connectivity index (χ2n) is 8.90. The van der Waals surface area contributed by atoms with Gasteiger partial charge in [-0.3, -0.25) is 10.00 Å². The number of H-pyrrole nitrogens is 1. The molecule has 150 valence electrons. The maximum Gasteiger partial charge on any atom is 0.155 e. The molecule has 6 rings (SSSR count). The zero-order valence-corrected chi connectivity index (χ0v) is 16.8. The van der Waals surface area contributed by atoms with Gasteiger partial charge in [-0.25, -0.2) is 9.67 Å². The van der Waals surface area contributed by atoms with Gasteiger partial charge in [-0.2, -0.15) is 10.2 Å². The van der Waals surface area contributed by atoms with E-state index in [4.69, 9.17) is 10.1 Å². The number of hydrogen-bond donors (Lipinski definition) is 1. The van der Waals surface area contributed by atoms with Crippen LogP contribution in [0.3, 0.4) is 0 Å². The molecule has 1 N–H and O–H groups in total. The fourth-order valence-electron chi connectivity index (χ4n) is 5.06. The van der Waals surface area contributed by atoms with E-state index in [0.29, 0.717) is 11.8 Å². The molecule has 2 aliphatic carbocycles. The third kappa shape index (κ3) is 3.29. The number of benzene rings is 1. The van der Waals surface area contributed by atoms with Crippen LogP contribution < -0.4 is 0 Å². The molecule has 3 aliphatic rings. The Labute approximate surface area is 171 Å². The fourth-order valence-corrected chi connectivity index (χ4v) is 5.06. The minimum atomic E-state index is 0.441. The van der Waals surface area contributed by atoms with Crippen molar-refractivity contribution in [1.82, 2.24) is 29.9 Å². The normalized spacial score (nSPS) is 22.1. The molecule has 3 aromatic rings. The zero-order valence-electron chi connectivity index (χ0n) is 16.8. The standard InChI is InChI=1S/C23H28N6/c1-2-7-18(8-3-1)29-21-10-4-9-19(21)20(27-29)15-28-13-5-6-17(14-28)23-24-22(25-26-23)16-11-12-16/h1-3,7-8,16-17H,4-6,9-15H2,(H,24,25,26)/t17-/m1/s1. The summed E-state index contributed by atoms with van der Waals surface area (Å²) >= 11 is 0. The Kier molecular flexibility index (Phi) is 4.26. The molecule has 0 amide bonds. The highest BCUT2D eigenvalue weighted by molar-refractivity contribution is 5.39. The number of piperidine rings is 1. The summed E-state index contributed by atoms with van der Waals surface area (Å²) in [6.07, 6.45) is 8.48. The van der Waals surface area contributed by atoms with Gasteiger partial charge in [0.25, 0.3) is 0 Å². The van der Waals surface area contributed by atoms with Crippen LogP contribution >= 0.6 is 0 Å². The van der Waals surface area contributed by atoms with Gasteiger partial charge in [0, 0.05) is 30.6 Å². The van der Waals surface area contributed by atoms with Crippen molar-refractivity contribution in [1.29, 1.82) is 0 Å². The number of aromatic amines is 1. The summed E-state index contributed by atoms with van der Waals surface area (Å²) in [5.41, 5.74) is 5.37. The number of aromatic nitrogens is 5. The Balaban J connectivity index is 1.21. The largest absolute Gasteiger partial charge is 0.297 e. The molecule has 1 aromatic carbocycles. The van der Waals surface area contributed by atoms with E-state index < -0.39 is 0 Å². The lowest BCUT2D eigenvalue weighted by Crippen LogP contribution is -2.34. The molecule has 29 heavy (non-hydrogen) atoms. The third-order valence-corrected chi connectivity index (χ3v) is 6.74. The molecule has 1 atom stereocenters. The lowest BCUT2D eigenvalue weighted by atomic mass is 9.97. The number of nitrogens with zero attached hydrogens (tertiary/aromatic N) is 5. The Hall–Kier alpha value is -2.47. The molecule has 1 saturated carbocycles. The van der Waals surface area contributed by atoms with E-state index in [9.17, 15) is 0 Å². The first-order valence-corrected chi connectivity index (χ1v) is 11.1. The zero-order chi connectivity index (χ0) is 19.2. The molecule has 0 spiro atoms. The van der Waals surface area contributed by atoms with E-state index in [-0.39, 0.29) is 0 Å². The molecule has 6 heteroatoms. The van der Waals surface area contributed by atoms with Crippen molar-refractivity contribution in [3.8, 4) is 5.69 Å². The van der Waals surface area contributed by atoms with Crippen LogP contribution in [0.15, 0.2) is 30.3 Å². The Morgan fingerprint density at radius 2 is 1.90 bits per heavy atom. The minimum absolute atomic E-state index is 0.441. The molecule has 2 fully saturated rings. The molecule has 1 saturated heterocycles. The van der Waals surface area contributed by atoms with Crippen molar-refractivity contribution >= 4 is 0 Å². The van der Waals surface area contributed by atoms with Crippen molar-refractivity contribution in [3.63, 3.8) is 0 Å². The third-order valence-electron chi connectivity index (χ3n) is 6.74. The molecule has 3 heterocycles. The summed E-state index contributed by atoms with van der Waals surface area (Å²) in [4.78, 5) is 7.39. The van der Waals surface area contributed by atoms with E-state index in [1.807, 2.05) is 0 Å². The molecule has 1 aliphatic heterocycles. The number of nitrogens with one attached hydrogen (secondary N) is 1. The van der Waals surface area contributed by atoms with Crippen LogP contribution in [0.4, 0.5) is 0 Å². The smallest absolute Gasteiger partial charge is 0.155 e. The number of fused-ring (bicyclic) bond motifs is 1. The van der Waals surface area contributed by atoms with Crippen molar-refractivity contribution in [2.75, 3.05) is 13.1 Å². The van der Waals surface area contributed by atoms with Gasteiger partial charge in [0.1, 0.15) is 5.82 Å². The van der Waals surface area contributed by atoms with Crippen molar-refractivity contribution in [2.24, 2.45) is 0 Å². The summed E-state index contributed by atoms with van der Waals surface area (Å²) < 4.78 is 2.19. The predicted molar refractivity (Wildman–Crippen MR) is 111 cm³/mol. The molecular formula is C23H28N6. The van der Waals surface area contributed by atoms with Crippen LogP contribution in [0.25, 0.3) is 5.69 Å². The van der Waals surface area contributed by atoms with Crippen molar-refractivity contribution < 1.29 is 0 Å². The quantitative estimate of drug-likeness (QED) is 0.723. The summed E-state index contributed by atoms with van der Waals surface area (Å²) in [5, 5.41) is 12.8. The summed E-state index contributed by atoms with van der Waals surface area (Å²) in [6.45, 7) is 3.12. The fraction of sp³-hybridized carbons (Fsp3) is 0.522. The van der Waals surface area contributed by atoms with Gasteiger partial charge in [0.05, 0.1) is 11.4 Å². The molecule has 2 aromatic heterocycles. The molecule has 0 bridgehead atoms. The van der Waals surface area contributed by atoms with Crippen LogP contribution in [0, 0.1) is 0 Å². The van der Waals surface area contributed by atoms with Crippen LogP contribution in [0.1, 0.15) is 72.5 Å². The van der Waals surface area contributed by atoms with Gasteiger partial charge in [-0.15, -0.1) is 0 Å². The lowest BCUT2D eigenvalue weighted by molar-refractivity contribution is 0.194. The summed E-state index contributed by atoms with van der Waals surface area (Å²) in [5.74, 6) is 3.21. The van der Waals surface area contributed by atoms with Crippen LogP contribution in [-0.4, -0.2) is 43.0 Å². The SMILES string of the molecule is c1ccc(-n2nc(CN3CCC[C@@H](c4n[nH]c(C5CC5)n4)C3)c3c2CCC3)cc1. The van der Waals surface area contributed by atoms with E-state index in [1.165, 1.54) is 61.2 Å². The first kappa shape index (κ1) is 17.4. The second-order valence-corrected chi connectivity index (χ2v) is 8.90. The molecule has 0 unspecified atom stereocenters. The van der Waals surface area contributed by atoms with E-state index >= 15 is 0 Å². The number of likely N-dealkylation sites (tertiary alicyclic amines) is 1. The Morgan fingerprint density at radius 1 is 1.00 bits per heavy atom. The van der Waals surface area contributed by atoms with Crippen LogP contribution in [-0.2, 0) is 19.4 Å². The highest BCUT2D eigenvalue weighted by Crippen LogP contribution is 2.38. The molecule has 6 nitrogen and oxygen atoms in total. The van der Waals surface area contributed by atoms with Crippen molar-refractivity contribution in [2.45, 2.75) is 63.3 Å². The number of para-hydroxylation sites is 1. The van der Waals surface area contributed by atoms with Gasteiger partial charge in [-0.1, -0.05) is 18.2 Å². The monoisotopic (exact) mass is 388 g/mol. The van der Waals surface area contributed by atoms with E-state index in [2.05, 4.69) is 50.1 Å². The van der Waals surface area contributed by atoms with E-state index in [1.54, 1.807) is 0 Å². The van der Waals surface area contributed by atoms with Gasteiger partial charge >= 0.3 is 0 Å². The topological polar surface area (TPSA) is 62.6 Å². The number of rotatable bonds is 5. The number of hydrogen-bond acceptors (Lipinski definition) is 4. The maximum absolute atomic E-state index is 5.07. The first-order valence-electron chi connectivity index (χ1n) is 11.1. The summed E-state index contributed by atoms with van der Waals surface area (Å²) in [6, 6.07) is 10.6. The van der Waals surface area contributed by atoms with Gasteiger partial charge < -0.3 is 0 Å². The average molecular weight is 389 g/mol.